The highest BCUT2D eigenvalue weighted by atomic mass is 16.1. The zero-order chi connectivity index (χ0) is 11.1. The Labute approximate surface area is 89.7 Å². The molecule has 0 saturated heterocycles. The van der Waals surface area contributed by atoms with Crippen LogP contribution >= 0.6 is 0 Å². The third kappa shape index (κ3) is 1.13. The molecule has 0 fully saturated rings. The number of primary amides is 1. The van der Waals surface area contributed by atoms with Crippen molar-refractivity contribution in [2.24, 2.45) is 5.73 Å². The number of carbonyl (C=O) groups excluding carboxylic acids is 1. The molecule has 0 bridgehead atoms. The third-order valence-corrected chi connectivity index (χ3v) is 2.35. The minimum atomic E-state index is -0.515. The summed E-state index contributed by atoms with van der Waals surface area (Å²) in [6.07, 6.45) is 4.74. The van der Waals surface area contributed by atoms with Crippen LogP contribution in [-0.4, -0.2) is 25.5 Å². The van der Waals surface area contributed by atoms with Crippen LogP contribution in [0.3, 0.4) is 0 Å². The van der Waals surface area contributed by atoms with Crippen LogP contribution in [0, 0.1) is 0 Å². The molecule has 0 unspecified atom stereocenters. The number of pyridine rings is 1. The van der Waals surface area contributed by atoms with Crippen LogP contribution in [0.15, 0.2) is 30.7 Å². The van der Waals surface area contributed by atoms with Crippen LogP contribution in [-0.2, 0) is 0 Å². The average Bonchev–Trinajstić information content (AvgIpc) is 2.76. The largest absolute Gasteiger partial charge is 0.366 e. The molecule has 3 rings (SSSR count). The highest BCUT2D eigenvalue weighted by Gasteiger charge is 2.07. The van der Waals surface area contributed by atoms with Gasteiger partial charge in [0.15, 0.2) is 5.65 Å². The van der Waals surface area contributed by atoms with Crippen LogP contribution in [0.1, 0.15) is 10.4 Å². The molecule has 3 heterocycles. The van der Waals surface area contributed by atoms with Crippen molar-refractivity contribution in [3.8, 4) is 0 Å². The van der Waals surface area contributed by atoms with E-state index in [1.807, 2.05) is 6.07 Å². The molecule has 0 aliphatic heterocycles. The molecule has 0 atom stereocenters. The van der Waals surface area contributed by atoms with E-state index >= 15 is 0 Å². The first-order valence-electron chi connectivity index (χ1n) is 4.64. The van der Waals surface area contributed by atoms with Crippen molar-refractivity contribution in [3.05, 3.63) is 36.3 Å². The van der Waals surface area contributed by atoms with Crippen LogP contribution in [0.4, 0.5) is 0 Å². The molecular weight excluding hydrogens is 206 g/mol. The molecule has 6 nitrogen and oxygen atoms in total. The second-order valence-electron chi connectivity index (χ2n) is 3.36. The Morgan fingerprint density at radius 3 is 2.94 bits per heavy atom. The summed E-state index contributed by atoms with van der Waals surface area (Å²) in [6.45, 7) is 0. The standard InChI is InChI=1S/C10H7N5O/c11-9(16)6-3-8-10(12-4-6)13-5-7-1-2-14-15(7)8/h1-5H,(H2,11,16). The van der Waals surface area contributed by atoms with Crippen LogP contribution in [0.5, 0.6) is 0 Å². The minimum Gasteiger partial charge on any atom is -0.366 e. The van der Waals surface area contributed by atoms with Gasteiger partial charge in [-0.3, -0.25) is 4.79 Å². The Balaban J connectivity index is 2.46. The number of amides is 1. The lowest BCUT2D eigenvalue weighted by Crippen LogP contribution is -2.11. The quantitative estimate of drug-likeness (QED) is 0.633. The summed E-state index contributed by atoms with van der Waals surface area (Å²) in [5, 5.41) is 4.13. The summed E-state index contributed by atoms with van der Waals surface area (Å²) in [5.41, 5.74) is 7.58. The first-order chi connectivity index (χ1) is 7.75. The van der Waals surface area contributed by atoms with E-state index in [1.54, 1.807) is 23.0 Å². The topological polar surface area (TPSA) is 86.2 Å². The van der Waals surface area contributed by atoms with Gasteiger partial charge in [0, 0.05) is 6.20 Å². The normalized spacial score (nSPS) is 11.0. The summed E-state index contributed by atoms with van der Waals surface area (Å²) in [4.78, 5) is 19.3. The number of rotatable bonds is 1. The second kappa shape index (κ2) is 2.99. The molecule has 1 amide bonds. The molecule has 0 aromatic carbocycles. The van der Waals surface area contributed by atoms with Crippen molar-refractivity contribution in [3.63, 3.8) is 0 Å². The fraction of sp³-hybridized carbons (Fsp3) is 0. The van der Waals surface area contributed by atoms with Gasteiger partial charge in [-0.2, -0.15) is 5.10 Å². The van der Waals surface area contributed by atoms with Crippen molar-refractivity contribution < 1.29 is 4.79 Å². The summed E-state index contributed by atoms with van der Waals surface area (Å²) >= 11 is 0. The molecule has 0 radical (unpaired) electrons. The van der Waals surface area contributed by atoms with Crippen molar-refractivity contribution in [2.75, 3.05) is 0 Å². The molecular formula is C10H7N5O. The Hall–Kier alpha value is -2.50. The summed E-state index contributed by atoms with van der Waals surface area (Å²) in [7, 11) is 0. The monoisotopic (exact) mass is 213 g/mol. The molecule has 2 N–H and O–H groups in total. The number of nitrogens with two attached hydrogens (primary N) is 1. The number of hydrogen-bond donors (Lipinski definition) is 1. The van der Waals surface area contributed by atoms with E-state index in [0.29, 0.717) is 16.7 Å². The Morgan fingerprint density at radius 1 is 1.31 bits per heavy atom. The molecule has 0 aliphatic carbocycles. The van der Waals surface area contributed by atoms with E-state index in [0.717, 1.165) is 5.52 Å². The number of nitrogens with zero attached hydrogens (tertiary/aromatic N) is 4. The van der Waals surface area contributed by atoms with Gasteiger partial charge in [-0.05, 0) is 12.1 Å². The van der Waals surface area contributed by atoms with E-state index in [-0.39, 0.29) is 0 Å². The maximum absolute atomic E-state index is 11.1. The molecule has 0 spiro atoms. The zero-order valence-corrected chi connectivity index (χ0v) is 8.16. The summed E-state index contributed by atoms with van der Waals surface area (Å²) < 4.78 is 1.67. The lowest BCUT2D eigenvalue weighted by atomic mass is 10.2. The summed E-state index contributed by atoms with van der Waals surface area (Å²) in [5.74, 6) is -0.515. The fourth-order valence-corrected chi connectivity index (χ4v) is 1.58. The fourth-order valence-electron chi connectivity index (χ4n) is 1.58. The highest BCUT2D eigenvalue weighted by Crippen LogP contribution is 2.12. The molecule has 3 aromatic rings. The number of aromatic nitrogens is 4. The van der Waals surface area contributed by atoms with Crippen molar-refractivity contribution in [2.45, 2.75) is 0 Å². The van der Waals surface area contributed by atoms with Gasteiger partial charge in [0.1, 0.15) is 5.52 Å². The van der Waals surface area contributed by atoms with Gasteiger partial charge < -0.3 is 5.73 Å². The summed E-state index contributed by atoms with van der Waals surface area (Å²) in [6, 6.07) is 3.46. The predicted molar refractivity (Wildman–Crippen MR) is 56.8 cm³/mol. The van der Waals surface area contributed by atoms with Crippen molar-refractivity contribution >= 4 is 22.6 Å². The van der Waals surface area contributed by atoms with E-state index < -0.39 is 5.91 Å². The lowest BCUT2D eigenvalue weighted by Gasteiger charge is -2.01. The Kier molecular flexibility index (Phi) is 1.64. The van der Waals surface area contributed by atoms with Gasteiger partial charge >= 0.3 is 0 Å². The van der Waals surface area contributed by atoms with E-state index in [2.05, 4.69) is 15.1 Å². The first kappa shape index (κ1) is 8.78. The number of hydrogen-bond acceptors (Lipinski definition) is 4. The predicted octanol–water partition coefficient (Wildman–Crippen LogP) is 0.376. The SMILES string of the molecule is NC(=O)c1cnc2ncc3ccnn3c2c1. The molecule has 0 aliphatic rings. The van der Waals surface area contributed by atoms with E-state index in [4.69, 9.17) is 5.73 Å². The molecule has 0 saturated carbocycles. The average molecular weight is 213 g/mol. The number of carbonyl (C=O) groups is 1. The van der Waals surface area contributed by atoms with E-state index in [9.17, 15) is 4.79 Å². The van der Waals surface area contributed by atoms with Crippen molar-refractivity contribution in [1.29, 1.82) is 0 Å². The van der Waals surface area contributed by atoms with Crippen LogP contribution < -0.4 is 5.73 Å². The van der Waals surface area contributed by atoms with Gasteiger partial charge in [-0.15, -0.1) is 0 Å². The molecule has 3 aromatic heterocycles. The van der Waals surface area contributed by atoms with Gasteiger partial charge in [-0.25, -0.2) is 14.5 Å². The van der Waals surface area contributed by atoms with E-state index in [1.165, 1.54) is 6.20 Å². The third-order valence-electron chi connectivity index (χ3n) is 2.35. The van der Waals surface area contributed by atoms with Gasteiger partial charge in [0.25, 0.3) is 0 Å². The Bertz CT molecular complexity index is 703. The molecule has 16 heavy (non-hydrogen) atoms. The van der Waals surface area contributed by atoms with Crippen molar-refractivity contribution in [1.82, 2.24) is 19.6 Å². The van der Waals surface area contributed by atoms with Gasteiger partial charge in [0.2, 0.25) is 5.91 Å². The van der Waals surface area contributed by atoms with Crippen LogP contribution in [0.2, 0.25) is 0 Å². The van der Waals surface area contributed by atoms with Gasteiger partial charge in [0.05, 0.1) is 23.5 Å². The van der Waals surface area contributed by atoms with Crippen LogP contribution in [0.25, 0.3) is 16.7 Å². The van der Waals surface area contributed by atoms with Gasteiger partial charge in [-0.1, -0.05) is 0 Å². The highest BCUT2D eigenvalue weighted by molar-refractivity contribution is 5.95. The molecule has 6 heteroatoms. The minimum absolute atomic E-state index is 0.345. The molecule has 78 valence electrons. The Morgan fingerprint density at radius 2 is 2.12 bits per heavy atom. The second-order valence-corrected chi connectivity index (χ2v) is 3.36. The lowest BCUT2D eigenvalue weighted by molar-refractivity contribution is 0.1000. The maximum atomic E-state index is 11.1. The maximum Gasteiger partial charge on any atom is 0.250 e. The first-order valence-corrected chi connectivity index (χ1v) is 4.64. The number of fused-ring (bicyclic) bond motifs is 3. The zero-order valence-electron chi connectivity index (χ0n) is 8.16. The smallest absolute Gasteiger partial charge is 0.250 e.